The second kappa shape index (κ2) is 5.34. The summed E-state index contributed by atoms with van der Waals surface area (Å²) < 4.78 is 19.5. The Kier molecular flexibility index (Phi) is 3.52. The summed E-state index contributed by atoms with van der Waals surface area (Å²) in [7, 11) is 1.88. The molecule has 0 aliphatic heterocycles. The van der Waals surface area contributed by atoms with Crippen LogP contribution >= 0.6 is 0 Å². The maximum absolute atomic E-state index is 13.4. The molecule has 1 heterocycles. The number of rotatable bonds is 3. The average molecular weight is 283 g/mol. The van der Waals surface area contributed by atoms with Crippen LogP contribution in [0.2, 0.25) is 0 Å². The minimum absolute atomic E-state index is 0.0869. The van der Waals surface area contributed by atoms with Gasteiger partial charge in [-0.15, -0.1) is 0 Å². The first-order valence-corrected chi connectivity index (χ1v) is 7.02. The van der Waals surface area contributed by atoms with E-state index in [0.717, 1.165) is 27.9 Å². The highest BCUT2D eigenvalue weighted by Crippen LogP contribution is 2.30. The number of hydrogen-bond donors (Lipinski definition) is 1. The highest BCUT2D eigenvalue weighted by atomic mass is 19.1. The van der Waals surface area contributed by atoms with Crippen LogP contribution in [0.1, 0.15) is 28.5 Å². The molecule has 0 saturated heterocycles. The fourth-order valence-electron chi connectivity index (χ4n) is 2.69. The zero-order valence-corrected chi connectivity index (χ0v) is 12.4. The molecule has 108 valence electrons. The first-order chi connectivity index (χ1) is 10.1. The van der Waals surface area contributed by atoms with Gasteiger partial charge in [0.2, 0.25) is 0 Å². The lowest BCUT2D eigenvalue weighted by Crippen LogP contribution is -2.17. The van der Waals surface area contributed by atoms with Crippen molar-refractivity contribution in [3.63, 3.8) is 0 Å². The Bertz CT molecular complexity index is 791. The third-order valence-electron chi connectivity index (χ3n) is 3.85. The van der Waals surface area contributed by atoms with Crippen LogP contribution in [0.5, 0.6) is 0 Å². The highest BCUT2D eigenvalue weighted by Gasteiger charge is 2.18. The monoisotopic (exact) mass is 283 g/mol. The maximum Gasteiger partial charge on any atom is 0.137 e. The van der Waals surface area contributed by atoms with Gasteiger partial charge in [0, 0.05) is 5.39 Å². The lowest BCUT2D eigenvalue weighted by Gasteiger charge is -2.14. The molecule has 1 atom stereocenters. The molecule has 0 aliphatic carbocycles. The van der Waals surface area contributed by atoms with Crippen LogP contribution in [0.3, 0.4) is 0 Å². The Balaban J connectivity index is 2.09. The van der Waals surface area contributed by atoms with Crippen molar-refractivity contribution in [3.05, 3.63) is 70.7 Å². The molecule has 0 aliphatic rings. The molecule has 1 unspecified atom stereocenters. The van der Waals surface area contributed by atoms with E-state index in [1.54, 1.807) is 13.0 Å². The summed E-state index contributed by atoms with van der Waals surface area (Å²) in [6.07, 6.45) is 0. The second-order valence-corrected chi connectivity index (χ2v) is 5.37. The van der Waals surface area contributed by atoms with Gasteiger partial charge in [-0.1, -0.05) is 30.3 Å². The molecule has 3 aromatic rings. The second-order valence-electron chi connectivity index (χ2n) is 5.37. The molecule has 3 rings (SSSR count). The number of fused-ring (bicyclic) bond motifs is 1. The van der Waals surface area contributed by atoms with Crippen molar-refractivity contribution >= 4 is 11.0 Å². The number of halogens is 1. The van der Waals surface area contributed by atoms with E-state index >= 15 is 0 Å². The van der Waals surface area contributed by atoms with Crippen LogP contribution in [-0.2, 0) is 0 Å². The fourth-order valence-corrected chi connectivity index (χ4v) is 2.69. The van der Waals surface area contributed by atoms with Crippen LogP contribution in [0.25, 0.3) is 11.0 Å². The summed E-state index contributed by atoms with van der Waals surface area (Å²) in [5, 5.41) is 4.33. The third kappa shape index (κ3) is 2.45. The van der Waals surface area contributed by atoms with E-state index in [1.165, 1.54) is 6.07 Å². The molecule has 0 saturated carbocycles. The van der Waals surface area contributed by atoms with E-state index in [1.807, 2.05) is 44.3 Å². The number of hydrogen-bond acceptors (Lipinski definition) is 2. The van der Waals surface area contributed by atoms with Gasteiger partial charge in [-0.3, -0.25) is 0 Å². The van der Waals surface area contributed by atoms with Crippen molar-refractivity contribution in [2.24, 2.45) is 0 Å². The van der Waals surface area contributed by atoms with Gasteiger partial charge in [-0.05, 0) is 49.7 Å². The average Bonchev–Trinajstić information content (AvgIpc) is 2.89. The van der Waals surface area contributed by atoms with Crippen LogP contribution in [0, 0.1) is 19.7 Å². The van der Waals surface area contributed by atoms with E-state index in [2.05, 4.69) is 5.32 Å². The normalized spacial score (nSPS) is 12.8. The van der Waals surface area contributed by atoms with Gasteiger partial charge >= 0.3 is 0 Å². The Labute approximate surface area is 123 Å². The molecule has 21 heavy (non-hydrogen) atoms. The van der Waals surface area contributed by atoms with E-state index in [4.69, 9.17) is 4.42 Å². The zero-order valence-electron chi connectivity index (χ0n) is 12.4. The molecule has 0 amide bonds. The largest absolute Gasteiger partial charge is 0.459 e. The van der Waals surface area contributed by atoms with Crippen LogP contribution in [-0.4, -0.2) is 7.05 Å². The van der Waals surface area contributed by atoms with Crippen LogP contribution in [0.15, 0.2) is 46.9 Å². The molecular weight excluding hydrogens is 265 g/mol. The van der Waals surface area contributed by atoms with Crippen molar-refractivity contribution in [1.29, 1.82) is 0 Å². The van der Waals surface area contributed by atoms with Gasteiger partial charge in [0.1, 0.15) is 17.2 Å². The fraction of sp³-hybridized carbons (Fsp3) is 0.222. The van der Waals surface area contributed by atoms with E-state index in [0.29, 0.717) is 5.56 Å². The van der Waals surface area contributed by atoms with Gasteiger partial charge < -0.3 is 9.73 Å². The number of benzene rings is 2. The van der Waals surface area contributed by atoms with Gasteiger partial charge in [-0.25, -0.2) is 4.39 Å². The van der Waals surface area contributed by atoms with Crippen molar-refractivity contribution < 1.29 is 8.81 Å². The Morgan fingerprint density at radius 2 is 1.86 bits per heavy atom. The smallest absolute Gasteiger partial charge is 0.137 e. The molecule has 1 aromatic heterocycles. The van der Waals surface area contributed by atoms with Gasteiger partial charge in [-0.2, -0.15) is 0 Å². The predicted octanol–water partition coefficient (Wildman–Crippen LogP) is 4.50. The molecule has 0 spiro atoms. The van der Waals surface area contributed by atoms with Gasteiger partial charge in [0.15, 0.2) is 0 Å². The molecule has 0 fully saturated rings. The van der Waals surface area contributed by atoms with Crippen molar-refractivity contribution in [3.8, 4) is 0 Å². The number of para-hydroxylation sites is 1. The Hall–Kier alpha value is -2.13. The molecule has 0 bridgehead atoms. The SMILES string of the molecule is CNC(c1ccc(F)c(C)c1)c1cc2cccc(C)c2o1. The molecule has 1 N–H and O–H groups in total. The Morgan fingerprint density at radius 3 is 2.52 bits per heavy atom. The molecule has 2 nitrogen and oxygen atoms in total. The quantitative estimate of drug-likeness (QED) is 0.765. The summed E-state index contributed by atoms with van der Waals surface area (Å²) in [6.45, 7) is 3.81. The Morgan fingerprint density at radius 1 is 1.05 bits per heavy atom. The predicted molar refractivity (Wildman–Crippen MR) is 83.0 cm³/mol. The first kappa shape index (κ1) is 13.8. The number of furan rings is 1. The summed E-state index contributed by atoms with van der Waals surface area (Å²) in [5.41, 5.74) is 3.66. The molecule has 3 heteroatoms. The third-order valence-corrected chi connectivity index (χ3v) is 3.85. The summed E-state index contributed by atoms with van der Waals surface area (Å²) in [5.74, 6) is 0.655. The number of nitrogens with one attached hydrogen (secondary N) is 1. The minimum Gasteiger partial charge on any atom is -0.459 e. The number of aryl methyl sites for hydroxylation is 2. The maximum atomic E-state index is 13.4. The minimum atomic E-state index is -0.186. The van der Waals surface area contributed by atoms with Gasteiger partial charge in [0.05, 0.1) is 6.04 Å². The van der Waals surface area contributed by atoms with E-state index in [-0.39, 0.29) is 11.9 Å². The summed E-state index contributed by atoms with van der Waals surface area (Å²) >= 11 is 0. The lowest BCUT2D eigenvalue weighted by molar-refractivity contribution is 0.489. The molecule has 2 aromatic carbocycles. The van der Waals surface area contributed by atoms with Crippen molar-refractivity contribution in [2.75, 3.05) is 7.05 Å². The lowest BCUT2D eigenvalue weighted by atomic mass is 10.0. The molecular formula is C18H18FNO. The standard InChI is InChI=1S/C18H18FNO/c1-11-5-4-6-14-10-16(21-18(11)14)17(20-3)13-7-8-15(19)12(2)9-13/h4-10,17,20H,1-3H3. The van der Waals surface area contributed by atoms with Crippen molar-refractivity contribution in [1.82, 2.24) is 5.32 Å². The van der Waals surface area contributed by atoms with Crippen LogP contribution < -0.4 is 5.32 Å². The van der Waals surface area contributed by atoms with Crippen molar-refractivity contribution in [2.45, 2.75) is 19.9 Å². The van der Waals surface area contributed by atoms with Crippen LogP contribution in [0.4, 0.5) is 4.39 Å². The zero-order chi connectivity index (χ0) is 15.0. The molecule has 0 radical (unpaired) electrons. The van der Waals surface area contributed by atoms with Gasteiger partial charge in [0.25, 0.3) is 0 Å². The topological polar surface area (TPSA) is 25.2 Å². The van der Waals surface area contributed by atoms with E-state index < -0.39 is 0 Å². The first-order valence-electron chi connectivity index (χ1n) is 7.02. The highest BCUT2D eigenvalue weighted by molar-refractivity contribution is 5.81. The summed E-state index contributed by atoms with van der Waals surface area (Å²) in [6, 6.07) is 13.2. The van der Waals surface area contributed by atoms with E-state index in [9.17, 15) is 4.39 Å². The summed E-state index contributed by atoms with van der Waals surface area (Å²) in [4.78, 5) is 0.